The van der Waals surface area contributed by atoms with Gasteiger partial charge in [-0.25, -0.2) is 26.1 Å². The Morgan fingerprint density at radius 1 is 0.758 bits per heavy atom. The van der Waals surface area contributed by atoms with Gasteiger partial charge in [0.05, 0.1) is 44.0 Å². The third-order valence-electron chi connectivity index (χ3n) is 10.8. The first kappa shape index (κ1) is 45.5. The number of amides is 1. The number of nitrogens with two attached hydrogens (primary N) is 1. The van der Waals surface area contributed by atoms with Crippen molar-refractivity contribution in [3.05, 3.63) is 120 Å². The Labute approximate surface area is 381 Å². The fourth-order valence-corrected chi connectivity index (χ4v) is 11.5. The number of aromatic nitrogens is 7. The number of hydrogen-bond acceptors (Lipinski definition) is 15. The van der Waals surface area contributed by atoms with E-state index in [0.29, 0.717) is 39.7 Å². The number of pyridine rings is 1. The highest BCUT2D eigenvalue weighted by Crippen LogP contribution is 2.43. The Balaban J connectivity index is 1.37. The predicted molar refractivity (Wildman–Crippen MR) is 243 cm³/mol. The zero-order valence-corrected chi connectivity index (χ0v) is 38.7. The monoisotopic (exact) mass is 936 g/mol. The fourth-order valence-electron chi connectivity index (χ4n) is 7.42. The number of ether oxygens (including phenoxy) is 4. The summed E-state index contributed by atoms with van der Waals surface area (Å²) in [4.78, 5) is 18.8. The van der Waals surface area contributed by atoms with Crippen molar-refractivity contribution in [2.45, 2.75) is 61.0 Å². The van der Waals surface area contributed by atoms with Crippen LogP contribution in [-0.4, -0.2) is 112 Å². The van der Waals surface area contributed by atoms with E-state index in [2.05, 4.69) is 20.4 Å². The SMILES string of the molecule is COc1ccc(CN(Cc2ccc(OC)cc2)S(=O)(=O)c2c(S(=O)(=O)C3CN(C(=O)OC(C)(C)C)C3)ccc(-c3cccc4nc(N)nn34)c2-c2nnn(Cc3ccc(OC)cc3)n2)cc1. The molecule has 8 rings (SSSR count). The van der Waals surface area contributed by atoms with Crippen LogP contribution in [-0.2, 0) is 44.2 Å². The van der Waals surface area contributed by atoms with Gasteiger partial charge in [0.2, 0.25) is 21.8 Å². The van der Waals surface area contributed by atoms with Gasteiger partial charge in [0.25, 0.3) is 0 Å². The summed E-state index contributed by atoms with van der Waals surface area (Å²) in [5.74, 6) is 1.50. The van der Waals surface area contributed by atoms with Crippen molar-refractivity contribution in [1.82, 2.24) is 44.0 Å². The molecular weight excluding hydrogens is 889 g/mol. The Morgan fingerprint density at radius 2 is 1.32 bits per heavy atom. The first-order valence-corrected chi connectivity index (χ1v) is 23.6. The Morgan fingerprint density at radius 3 is 1.86 bits per heavy atom. The minimum atomic E-state index is -4.94. The van der Waals surface area contributed by atoms with E-state index in [4.69, 9.17) is 29.8 Å². The summed E-state index contributed by atoms with van der Waals surface area (Å²) in [6.45, 7) is 4.33. The average molecular weight is 937 g/mol. The van der Waals surface area contributed by atoms with Gasteiger partial charge in [-0.1, -0.05) is 48.5 Å². The van der Waals surface area contributed by atoms with Crippen LogP contribution in [0, 0.1) is 0 Å². The van der Waals surface area contributed by atoms with E-state index in [1.807, 2.05) is 12.1 Å². The number of sulfonamides is 1. The maximum absolute atomic E-state index is 16.1. The molecule has 0 aliphatic carbocycles. The van der Waals surface area contributed by atoms with Crippen LogP contribution >= 0.6 is 0 Å². The highest BCUT2D eigenvalue weighted by Gasteiger charge is 2.46. The van der Waals surface area contributed by atoms with Crippen LogP contribution in [0.5, 0.6) is 17.2 Å². The number of anilines is 1. The number of fused-ring (bicyclic) bond motifs is 1. The summed E-state index contributed by atoms with van der Waals surface area (Å²) in [7, 11) is -4.91. The van der Waals surface area contributed by atoms with Gasteiger partial charge in [-0.05, 0) is 97.3 Å². The second kappa shape index (κ2) is 18.1. The molecule has 4 aromatic carbocycles. The lowest BCUT2D eigenvalue weighted by Crippen LogP contribution is -2.57. The van der Waals surface area contributed by atoms with Crippen molar-refractivity contribution in [2.75, 3.05) is 40.2 Å². The molecule has 0 bridgehead atoms. The number of nitrogen functional groups attached to an aromatic ring is 1. The number of methoxy groups -OCH3 is 3. The largest absolute Gasteiger partial charge is 0.497 e. The molecule has 1 amide bonds. The highest BCUT2D eigenvalue weighted by molar-refractivity contribution is 7.94. The van der Waals surface area contributed by atoms with Crippen molar-refractivity contribution in [2.24, 2.45) is 0 Å². The van der Waals surface area contributed by atoms with Crippen molar-refractivity contribution in [3.8, 4) is 39.9 Å². The number of likely N-dealkylation sites (tertiary alicyclic amines) is 1. The highest BCUT2D eigenvalue weighted by atomic mass is 32.2. The van der Waals surface area contributed by atoms with Crippen molar-refractivity contribution in [1.29, 1.82) is 0 Å². The minimum absolute atomic E-state index is 0.0516. The number of nitrogens with zero attached hydrogens (tertiary/aromatic N) is 9. The molecule has 344 valence electrons. The summed E-state index contributed by atoms with van der Waals surface area (Å²) >= 11 is 0. The molecule has 7 aromatic rings. The fraction of sp³-hybridized carbons (Fsp3) is 0.289. The number of sulfone groups is 1. The van der Waals surface area contributed by atoms with Crippen LogP contribution in [0.15, 0.2) is 113 Å². The maximum atomic E-state index is 16.1. The molecule has 66 heavy (non-hydrogen) atoms. The molecule has 0 unspecified atom stereocenters. The molecule has 3 aromatic heterocycles. The Hall–Kier alpha value is -7.10. The summed E-state index contributed by atoms with van der Waals surface area (Å²) < 4.78 is 86.7. The van der Waals surface area contributed by atoms with E-state index in [-0.39, 0.29) is 55.6 Å². The minimum Gasteiger partial charge on any atom is -0.497 e. The lowest BCUT2D eigenvalue weighted by molar-refractivity contribution is 0.0139. The summed E-state index contributed by atoms with van der Waals surface area (Å²) in [5, 5.41) is 16.7. The molecular formula is C45H48N10O9S2. The molecule has 0 spiro atoms. The van der Waals surface area contributed by atoms with Gasteiger partial charge >= 0.3 is 6.09 Å². The van der Waals surface area contributed by atoms with E-state index in [1.54, 1.807) is 107 Å². The normalized spacial score (nSPS) is 13.5. The molecule has 1 aliphatic heterocycles. The number of benzene rings is 4. The van der Waals surface area contributed by atoms with Crippen molar-refractivity contribution >= 4 is 37.5 Å². The topological polar surface area (TPSA) is 229 Å². The molecule has 0 atom stereocenters. The maximum Gasteiger partial charge on any atom is 0.410 e. The van der Waals surface area contributed by atoms with Crippen LogP contribution in [0.3, 0.4) is 0 Å². The number of carbonyl (C=O) groups excluding carboxylic acids is 1. The van der Waals surface area contributed by atoms with Gasteiger partial charge in [0.1, 0.15) is 33.0 Å². The smallest absolute Gasteiger partial charge is 0.410 e. The zero-order chi connectivity index (χ0) is 47.0. The number of tetrazole rings is 1. The summed E-state index contributed by atoms with van der Waals surface area (Å²) in [6.07, 6.45) is -0.694. The average Bonchev–Trinajstić information content (AvgIpc) is 3.90. The van der Waals surface area contributed by atoms with Gasteiger partial charge in [-0.15, -0.1) is 15.3 Å². The van der Waals surface area contributed by atoms with Crippen LogP contribution in [0.4, 0.5) is 10.7 Å². The van der Waals surface area contributed by atoms with Crippen LogP contribution in [0.2, 0.25) is 0 Å². The lowest BCUT2D eigenvalue weighted by atomic mass is 10.0. The molecule has 1 fully saturated rings. The second-order valence-electron chi connectivity index (χ2n) is 16.5. The van der Waals surface area contributed by atoms with E-state index in [0.717, 1.165) is 5.56 Å². The summed E-state index contributed by atoms with van der Waals surface area (Å²) in [5.41, 5.74) is 7.83. The van der Waals surface area contributed by atoms with Crippen LogP contribution in [0.25, 0.3) is 28.3 Å². The van der Waals surface area contributed by atoms with E-state index < -0.39 is 46.6 Å². The van der Waals surface area contributed by atoms with E-state index in [1.165, 1.54) is 44.9 Å². The number of rotatable bonds is 15. The van der Waals surface area contributed by atoms with E-state index >= 15 is 16.8 Å². The van der Waals surface area contributed by atoms with Gasteiger partial charge in [-0.3, -0.25) is 0 Å². The van der Waals surface area contributed by atoms with Gasteiger partial charge < -0.3 is 29.6 Å². The first-order chi connectivity index (χ1) is 31.5. The molecule has 21 heteroatoms. The lowest BCUT2D eigenvalue weighted by Gasteiger charge is -2.39. The predicted octanol–water partition coefficient (Wildman–Crippen LogP) is 5.49. The third-order valence-corrected chi connectivity index (χ3v) is 14.9. The van der Waals surface area contributed by atoms with Gasteiger partial charge in [0.15, 0.2) is 15.5 Å². The molecule has 2 N–H and O–H groups in total. The quantitative estimate of drug-likeness (QED) is 0.134. The van der Waals surface area contributed by atoms with Crippen molar-refractivity contribution < 1.29 is 40.6 Å². The molecule has 1 aliphatic rings. The third kappa shape index (κ3) is 9.35. The van der Waals surface area contributed by atoms with Crippen LogP contribution < -0.4 is 19.9 Å². The zero-order valence-electron chi connectivity index (χ0n) is 37.0. The molecule has 0 radical (unpaired) electrons. The molecule has 0 saturated carbocycles. The van der Waals surface area contributed by atoms with Crippen LogP contribution in [0.1, 0.15) is 37.5 Å². The first-order valence-electron chi connectivity index (χ1n) is 20.6. The van der Waals surface area contributed by atoms with Gasteiger partial charge in [0, 0.05) is 31.7 Å². The van der Waals surface area contributed by atoms with Gasteiger partial charge in [-0.2, -0.15) is 14.1 Å². The van der Waals surface area contributed by atoms with E-state index in [9.17, 15) is 4.79 Å². The second-order valence-corrected chi connectivity index (χ2v) is 20.6. The Kier molecular flexibility index (Phi) is 12.4. The Bertz CT molecular complexity index is 3060. The molecule has 4 heterocycles. The molecule has 1 saturated heterocycles. The standard InChI is InChI=1S/C45H48N10O9S2/c1-45(2,3)64-44(56)52-27-35(28-52)65(57,58)38-23-22-36(37-8-7-9-39-47-43(46)50-55(37)39)40(42-48-51-54(49-42)26-31-14-20-34(63-6)21-15-31)41(38)66(59,60)53(24-29-10-16-32(61-4)17-11-29)25-30-12-18-33(62-5)19-13-30/h7-23,35H,24-28H2,1-6H3,(H2,46,50). The summed E-state index contributed by atoms with van der Waals surface area (Å²) in [6, 6.07) is 28.7. The van der Waals surface area contributed by atoms with Crippen molar-refractivity contribution in [3.63, 3.8) is 0 Å². The number of carbonyl (C=O) groups is 1. The molecule has 19 nitrogen and oxygen atoms in total. The number of hydrogen-bond donors (Lipinski definition) is 1.